The second-order valence-corrected chi connectivity index (χ2v) is 7.05. The number of hydrogen-bond acceptors (Lipinski definition) is 5. The topological polar surface area (TPSA) is 65.5 Å². The maximum atomic E-state index is 13.4. The van der Waals surface area contributed by atoms with E-state index >= 15 is 0 Å². The van der Waals surface area contributed by atoms with Crippen LogP contribution >= 0.6 is 0 Å². The molecule has 1 N–H and O–H groups in total. The molecule has 0 spiro atoms. The monoisotopic (exact) mass is 316 g/mol. The van der Waals surface area contributed by atoms with Gasteiger partial charge in [0.05, 0.1) is 12.5 Å². The molecule has 2 rings (SSSR count). The molecule has 1 aromatic heterocycles. The number of nitrogens with one attached hydrogen (secondary N) is 1. The molecule has 2 heterocycles. The second-order valence-electron chi connectivity index (χ2n) is 5.07. The molecule has 1 saturated heterocycles. The van der Waals surface area contributed by atoms with Crippen LogP contribution in [0.4, 0.5) is 10.2 Å². The van der Waals surface area contributed by atoms with E-state index in [2.05, 4.69) is 10.3 Å². The first-order valence-corrected chi connectivity index (χ1v) is 8.82. The van der Waals surface area contributed by atoms with E-state index < -0.39 is 10.0 Å². The molecule has 0 bridgehead atoms. The number of sulfonamides is 1. The summed E-state index contributed by atoms with van der Waals surface area (Å²) in [6.45, 7) is 5.30. The summed E-state index contributed by atoms with van der Waals surface area (Å²) in [5, 5.41) is 3.16. The molecule has 8 heteroatoms. The molecule has 0 aromatic carbocycles. The highest BCUT2D eigenvalue weighted by atomic mass is 32.2. The van der Waals surface area contributed by atoms with Gasteiger partial charge in [0.15, 0.2) is 0 Å². The molecule has 1 aliphatic heterocycles. The Bertz CT molecular complexity index is 586. The van der Waals surface area contributed by atoms with Crippen LogP contribution in [-0.2, 0) is 16.6 Å². The summed E-state index contributed by atoms with van der Waals surface area (Å²) in [6, 6.07) is 1.48. The van der Waals surface area contributed by atoms with E-state index in [4.69, 9.17) is 0 Å². The number of anilines is 1. The van der Waals surface area contributed by atoms with Crippen molar-refractivity contribution >= 4 is 15.8 Å². The molecule has 6 nitrogen and oxygen atoms in total. The fraction of sp³-hybridized carbons (Fsp3) is 0.615. The number of pyridine rings is 1. The average molecular weight is 316 g/mol. The summed E-state index contributed by atoms with van der Waals surface area (Å²) in [7, 11) is -3.15. The largest absolute Gasteiger partial charge is 0.354 e. The van der Waals surface area contributed by atoms with Crippen molar-refractivity contribution in [2.24, 2.45) is 0 Å². The van der Waals surface area contributed by atoms with Crippen LogP contribution in [-0.4, -0.2) is 56.7 Å². The summed E-state index contributed by atoms with van der Waals surface area (Å²) in [6.07, 6.45) is 2.42. The molecule has 0 atom stereocenters. The Morgan fingerprint density at radius 3 is 2.57 bits per heavy atom. The summed E-state index contributed by atoms with van der Waals surface area (Å²) in [4.78, 5) is 6.19. The van der Waals surface area contributed by atoms with E-state index in [9.17, 15) is 12.8 Å². The first-order valence-electron chi connectivity index (χ1n) is 6.97. The zero-order valence-corrected chi connectivity index (χ0v) is 13.2. The molecule has 118 valence electrons. The summed E-state index contributed by atoms with van der Waals surface area (Å²) >= 11 is 0. The van der Waals surface area contributed by atoms with Crippen LogP contribution in [0.3, 0.4) is 0 Å². The molecule has 0 amide bonds. The van der Waals surface area contributed by atoms with E-state index in [1.807, 2.05) is 11.8 Å². The first kappa shape index (κ1) is 16.1. The Morgan fingerprint density at radius 2 is 2.00 bits per heavy atom. The second kappa shape index (κ2) is 6.67. The predicted octanol–water partition coefficient (Wildman–Crippen LogP) is 0.412. The van der Waals surface area contributed by atoms with Crippen molar-refractivity contribution in [1.29, 1.82) is 0 Å². The lowest BCUT2D eigenvalue weighted by Gasteiger charge is -2.34. The lowest BCUT2D eigenvalue weighted by molar-refractivity contribution is 0.386. The van der Waals surface area contributed by atoms with Gasteiger partial charge in [0, 0.05) is 38.3 Å². The van der Waals surface area contributed by atoms with Crippen molar-refractivity contribution < 1.29 is 12.8 Å². The van der Waals surface area contributed by atoms with E-state index in [-0.39, 0.29) is 5.82 Å². The van der Waals surface area contributed by atoms with Gasteiger partial charge in [0.2, 0.25) is 10.0 Å². The number of piperazine rings is 1. The minimum atomic E-state index is -3.15. The smallest absolute Gasteiger partial charge is 0.211 e. The molecule has 1 aromatic rings. The van der Waals surface area contributed by atoms with Crippen LogP contribution in [0.1, 0.15) is 12.5 Å². The van der Waals surface area contributed by atoms with E-state index in [0.29, 0.717) is 32.7 Å². The average Bonchev–Trinajstić information content (AvgIpc) is 2.44. The van der Waals surface area contributed by atoms with Gasteiger partial charge in [-0.2, -0.15) is 4.31 Å². The third-order valence-electron chi connectivity index (χ3n) is 3.48. The Labute approximate surface area is 125 Å². The lowest BCUT2D eigenvalue weighted by atomic mass is 10.2. The van der Waals surface area contributed by atoms with Gasteiger partial charge in [0.25, 0.3) is 0 Å². The van der Waals surface area contributed by atoms with E-state index in [1.54, 1.807) is 0 Å². The zero-order chi connectivity index (χ0) is 15.5. The van der Waals surface area contributed by atoms with E-state index in [0.717, 1.165) is 17.9 Å². The first-order chi connectivity index (χ1) is 9.91. The minimum absolute atomic E-state index is 0.360. The maximum Gasteiger partial charge on any atom is 0.211 e. The van der Waals surface area contributed by atoms with Crippen LogP contribution < -0.4 is 10.2 Å². The highest BCUT2D eigenvalue weighted by Gasteiger charge is 2.25. The molecule has 21 heavy (non-hydrogen) atoms. The van der Waals surface area contributed by atoms with Crippen LogP contribution in [0.15, 0.2) is 12.3 Å². The number of aromatic nitrogens is 1. The molecular formula is C13H21FN4O2S. The van der Waals surface area contributed by atoms with Gasteiger partial charge in [0.1, 0.15) is 11.6 Å². The fourth-order valence-corrected chi connectivity index (χ4v) is 3.21. The predicted molar refractivity (Wildman–Crippen MR) is 80.2 cm³/mol. The van der Waals surface area contributed by atoms with Crippen molar-refractivity contribution in [1.82, 2.24) is 14.6 Å². The van der Waals surface area contributed by atoms with Gasteiger partial charge < -0.3 is 10.2 Å². The lowest BCUT2D eigenvalue weighted by Crippen LogP contribution is -2.49. The summed E-state index contributed by atoms with van der Waals surface area (Å²) in [5.74, 6) is 0.368. The summed E-state index contributed by atoms with van der Waals surface area (Å²) in [5.41, 5.74) is 0.796. The third kappa shape index (κ3) is 4.12. The van der Waals surface area contributed by atoms with Crippen LogP contribution in [0.2, 0.25) is 0 Å². The Balaban J connectivity index is 2.12. The van der Waals surface area contributed by atoms with Gasteiger partial charge in [-0.25, -0.2) is 17.8 Å². The van der Waals surface area contributed by atoms with E-state index in [1.165, 1.54) is 22.8 Å². The minimum Gasteiger partial charge on any atom is -0.354 e. The quantitative estimate of drug-likeness (QED) is 0.852. The molecule has 1 aliphatic rings. The van der Waals surface area contributed by atoms with Crippen LogP contribution in [0.25, 0.3) is 0 Å². The van der Waals surface area contributed by atoms with Gasteiger partial charge in [-0.05, 0) is 12.6 Å². The SMILES string of the molecule is CCNCc1cc(F)cnc1N1CCN(S(C)(=O)=O)CC1. The molecule has 0 saturated carbocycles. The molecular weight excluding hydrogens is 295 g/mol. The van der Waals surface area contributed by atoms with Crippen LogP contribution in [0, 0.1) is 5.82 Å². The van der Waals surface area contributed by atoms with Gasteiger partial charge in [-0.15, -0.1) is 0 Å². The molecule has 0 radical (unpaired) electrons. The van der Waals surface area contributed by atoms with Crippen molar-refractivity contribution in [3.8, 4) is 0 Å². The zero-order valence-electron chi connectivity index (χ0n) is 12.3. The van der Waals surface area contributed by atoms with Gasteiger partial charge in [-0.3, -0.25) is 0 Å². The molecule has 0 aliphatic carbocycles. The van der Waals surface area contributed by atoms with Gasteiger partial charge >= 0.3 is 0 Å². The number of halogens is 1. The highest BCUT2D eigenvalue weighted by molar-refractivity contribution is 7.88. The third-order valence-corrected chi connectivity index (χ3v) is 4.79. The fourth-order valence-electron chi connectivity index (χ4n) is 2.38. The standard InChI is InChI=1S/C13H21FN4O2S/c1-3-15-9-11-8-12(14)10-16-13(11)17-4-6-18(7-5-17)21(2,19)20/h8,10,15H,3-7,9H2,1-2H3. The Hall–Kier alpha value is -1.25. The van der Waals surface area contributed by atoms with Gasteiger partial charge in [-0.1, -0.05) is 6.92 Å². The number of hydrogen-bond donors (Lipinski definition) is 1. The van der Waals surface area contributed by atoms with Crippen molar-refractivity contribution in [3.63, 3.8) is 0 Å². The maximum absolute atomic E-state index is 13.4. The number of rotatable bonds is 5. The van der Waals surface area contributed by atoms with Crippen molar-refractivity contribution in [2.75, 3.05) is 43.9 Å². The summed E-state index contributed by atoms with van der Waals surface area (Å²) < 4.78 is 37.8. The molecule has 0 unspecified atom stereocenters. The highest BCUT2D eigenvalue weighted by Crippen LogP contribution is 2.20. The molecule has 1 fully saturated rings. The number of nitrogens with zero attached hydrogens (tertiary/aromatic N) is 3. The normalized spacial score (nSPS) is 17.2. The van der Waals surface area contributed by atoms with Crippen molar-refractivity contribution in [3.05, 3.63) is 23.6 Å². The Morgan fingerprint density at radius 1 is 1.33 bits per heavy atom. The van der Waals surface area contributed by atoms with Crippen LogP contribution in [0.5, 0.6) is 0 Å². The van der Waals surface area contributed by atoms with Crippen molar-refractivity contribution in [2.45, 2.75) is 13.5 Å². The Kier molecular flexibility index (Phi) is 5.13.